The van der Waals surface area contributed by atoms with Gasteiger partial charge < -0.3 is 14.8 Å². The van der Waals surface area contributed by atoms with Crippen molar-refractivity contribution in [2.24, 2.45) is 5.92 Å². The molecule has 0 aliphatic rings. The third-order valence-electron chi connectivity index (χ3n) is 1.66. The van der Waals surface area contributed by atoms with Crippen LogP contribution in [0.2, 0.25) is 0 Å². The van der Waals surface area contributed by atoms with E-state index in [1.807, 2.05) is 0 Å². The van der Waals surface area contributed by atoms with Gasteiger partial charge in [0.25, 0.3) is 0 Å². The molecular formula is C9H18ClNO3. The van der Waals surface area contributed by atoms with E-state index in [9.17, 15) is 4.79 Å². The molecule has 84 valence electrons. The van der Waals surface area contributed by atoms with Gasteiger partial charge in [-0.2, -0.15) is 0 Å². The van der Waals surface area contributed by atoms with Gasteiger partial charge in [0.05, 0.1) is 19.8 Å². The third kappa shape index (κ3) is 7.12. The van der Waals surface area contributed by atoms with Gasteiger partial charge in [-0.15, -0.1) is 11.6 Å². The molecular weight excluding hydrogens is 206 g/mol. The molecule has 0 aliphatic carbocycles. The first-order chi connectivity index (χ1) is 6.72. The van der Waals surface area contributed by atoms with E-state index in [2.05, 4.69) is 5.32 Å². The Kier molecular flexibility index (Phi) is 9.03. The Morgan fingerprint density at radius 2 is 2.14 bits per heavy atom. The van der Waals surface area contributed by atoms with Crippen LogP contribution in [-0.2, 0) is 14.3 Å². The Hall–Kier alpha value is -0.320. The molecule has 0 aromatic heterocycles. The highest BCUT2D eigenvalue weighted by Crippen LogP contribution is 1.96. The molecule has 0 heterocycles. The van der Waals surface area contributed by atoms with Crippen molar-refractivity contribution in [3.05, 3.63) is 0 Å². The maximum absolute atomic E-state index is 11.2. The van der Waals surface area contributed by atoms with Crippen molar-refractivity contribution in [2.45, 2.75) is 6.92 Å². The number of amides is 1. The second-order valence-corrected chi connectivity index (χ2v) is 3.26. The first-order valence-corrected chi connectivity index (χ1v) is 5.16. The zero-order valence-electron chi connectivity index (χ0n) is 8.72. The van der Waals surface area contributed by atoms with Gasteiger partial charge in [-0.3, -0.25) is 4.79 Å². The van der Waals surface area contributed by atoms with Crippen molar-refractivity contribution in [1.29, 1.82) is 0 Å². The number of halogens is 1. The lowest BCUT2D eigenvalue weighted by molar-refractivity contribution is -0.124. The molecule has 5 heteroatoms. The highest BCUT2D eigenvalue weighted by Gasteiger charge is 2.09. The van der Waals surface area contributed by atoms with Gasteiger partial charge in [-0.1, -0.05) is 6.92 Å². The molecule has 0 radical (unpaired) electrons. The minimum absolute atomic E-state index is 0.0321. The number of hydrogen-bond acceptors (Lipinski definition) is 3. The smallest absolute Gasteiger partial charge is 0.224 e. The predicted octanol–water partition coefficient (Wildman–Crippen LogP) is 0.640. The number of methoxy groups -OCH3 is 1. The summed E-state index contributed by atoms with van der Waals surface area (Å²) in [4.78, 5) is 11.2. The van der Waals surface area contributed by atoms with Crippen LogP contribution in [0.3, 0.4) is 0 Å². The minimum Gasteiger partial charge on any atom is -0.382 e. The van der Waals surface area contributed by atoms with E-state index in [4.69, 9.17) is 21.1 Å². The Balaban J connectivity index is 3.23. The van der Waals surface area contributed by atoms with Gasteiger partial charge in [0.15, 0.2) is 0 Å². The normalized spacial score (nSPS) is 12.5. The third-order valence-corrected chi connectivity index (χ3v) is 2.12. The van der Waals surface area contributed by atoms with Crippen molar-refractivity contribution >= 4 is 17.5 Å². The quantitative estimate of drug-likeness (QED) is 0.485. The largest absolute Gasteiger partial charge is 0.382 e. The lowest BCUT2D eigenvalue weighted by Crippen LogP contribution is -2.32. The van der Waals surface area contributed by atoms with E-state index in [0.717, 1.165) is 0 Å². The molecule has 14 heavy (non-hydrogen) atoms. The maximum Gasteiger partial charge on any atom is 0.224 e. The van der Waals surface area contributed by atoms with Crippen molar-refractivity contribution in [1.82, 2.24) is 5.32 Å². The van der Waals surface area contributed by atoms with Gasteiger partial charge in [-0.25, -0.2) is 0 Å². The summed E-state index contributed by atoms with van der Waals surface area (Å²) >= 11 is 5.52. The summed E-state index contributed by atoms with van der Waals surface area (Å²) in [5, 5.41) is 2.72. The van der Waals surface area contributed by atoms with Crippen LogP contribution in [0.25, 0.3) is 0 Å². The van der Waals surface area contributed by atoms with Crippen LogP contribution in [0.4, 0.5) is 0 Å². The Labute approximate surface area is 89.9 Å². The summed E-state index contributed by atoms with van der Waals surface area (Å²) in [6.07, 6.45) is 0. The maximum atomic E-state index is 11.2. The van der Waals surface area contributed by atoms with Crippen molar-refractivity contribution in [3.63, 3.8) is 0 Å². The molecule has 0 spiro atoms. The van der Waals surface area contributed by atoms with Crippen LogP contribution < -0.4 is 5.32 Å². The standard InChI is InChI=1S/C9H18ClNO3/c1-8(7-10)9(12)11-3-4-14-6-5-13-2/h8H,3-7H2,1-2H3,(H,11,12). The van der Waals surface area contributed by atoms with Crippen molar-refractivity contribution in [3.8, 4) is 0 Å². The molecule has 1 N–H and O–H groups in total. The van der Waals surface area contributed by atoms with E-state index in [0.29, 0.717) is 32.2 Å². The molecule has 0 fully saturated rings. The highest BCUT2D eigenvalue weighted by atomic mass is 35.5. The molecule has 0 aromatic carbocycles. The summed E-state index contributed by atoms with van der Waals surface area (Å²) in [6, 6.07) is 0. The minimum atomic E-state index is -0.143. The molecule has 1 unspecified atom stereocenters. The second kappa shape index (κ2) is 9.24. The van der Waals surface area contributed by atoms with E-state index < -0.39 is 0 Å². The zero-order chi connectivity index (χ0) is 10.8. The molecule has 0 rings (SSSR count). The summed E-state index contributed by atoms with van der Waals surface area (Å²) < 4.78 is 9.96. The van der Waals surface area contributed by atoms with E-state index in [1.54, 1.807) is 14.0 Å². The van der Waals surface area contributed by atoms with Gasteiger partial charge in [0.2, 0.25) is 5.91 Å². The average molecular weight is 224 g/mol. The number of ether oxygens (including phenoxy) is 2. The number of nitrogens with one attached hydrogen (secondary N) is 1. The Morgan fingerprint density at radius 3 is 2.71 bits per heavy atom. The second-order valence-electron chi connectivity index (χ2n) is 2.95. The zero-order valence-corrected chi connectivity index (χ0v) is 9.47. The Morgan fingerprint density at radius 1 is 1.43 bits per heavy atom. The van der Waals surface area contributed by atoms with Crippen LogP contribution in [-0.4, -0.2) is 45.3 Å². The van der Waals surface area contributed by atoms with E-state index in [-0.39, 0.29) is 11.8 Å². The Bertz CT molecular complexity index is 155. The number of carbonyl (C=O) groups is 1. The molecule has 0 aliphatic heterocycles. The van der Waals surface area contributed by atoms with Gasteiger partial charge in [0.1, 0.15) is 0 Å². The van der Waals surface area contributed by atoms with Crippen molar-refractivity contribution < 1.29 is 14.3 Å². The molecule has 1 atom stereocenters. The molecule has 1 amide bonds. The SMILES string of the molecule is COCCOCCNC(=O)C(C)CCl. The van der Waals surface area contributed by atoms with Gasteiger partial charge in [0, 0.05) is 25.5 Å². The molecule has 4 nitrogen and oxygen atoms in total. The van der Waals surface area contributed by atoms with E-state index in [1.165, 1.54) is 0 Å². The summed E-state index contributed by atoms with van der Waals surface area (Å²) in [5.74, 6) is 0.169. The average Bonchev–Trinajstić information content (AvgIpc) is 2.21. The lowest BCUT2D eigenvalue weighted by Gasteiger charge is -2.09. The first kappa shape index (κ1) is 13.7. The summed E-state index contributed by atoms with van der Waals surface area (Å²) in [5.41, 5.74) is 0. The summed E-state index contributed by atoms with van der Waals surface area (Å²) in [6.45, 7) is 3.94. The van der Waals surface area contributed by atoms with Gasteiger partial charge in [-0.05, 0) is 0 Å². The van der Waals surface area contributed by atoms with Crippen LogP contribution >= 0.6 is 11.6 Å². The van der Waals surface area contributed by atoms with Crippen LogP contribution in [0.1, 0.15) is 6.92 Å². The van der Waals surface area contributed by atoms with Crippen LogP contribution in [0, 0.1) is 5.92 Å². The monoisotopic (exact) mass is 223 g/mol. The molecule has 0 aromatic rings. The lowest BCUT2D eigenvalue weighted by atomic mass is 10.2. The number of hydrogen-bond donors (Lipinski definition) is 1. The van der Waals surface area contributed by atoms with Crippen molar-refractivity contribution in [2.75, 3.05) is 39.4 Å². The number of rotatable bonds is 8. The molecule has 0 saturated heterocycles. The first-order valence-electron chi connectivity index (χ1n) is 4.62. The molecule has 0 bridgehead atoms. The van der Waals surface area contributed by atoms with Crippen LogP contribution in [0.15, 0.2) is 0 Å². The number of carbonyl (C=O) groups excluding carboxylic acids is 1. The predicted molar refractivity (Wildman–Crippen MR) is 55.6 cm³/mol. The summed E-state index contributed by atoms with van der Waals surface area (Å²) in [7, 11) is 1.62. The fourth-order valence-electron chi connectivity index (χ4n) is 0.735. The van der Waals surface area contributed by atoms with E-state index >= 15 is 0 Å². The fourth-order valence-corrected chi connectivity index (χ4v) is 0.875. The topological polar surface area (TPSA) is 47.6 Å². The fraction of sp³-hybridized carbons (Fsp3) is 0.889. The highest BCUT2D eigenvalue weighted by molar-refractivity contribution is 6.19. The van der Waals surface area contributed by atoms with Crippen LogP contribution in [0.5, 0.6) is 0 Å². The number of alkyl halides is 1. The molecule has 0 saturated carbocycles. The van der Waals surface area contributed by atoms with Gasteiger partial charge >= 0.3 is 0 Å².